The van der Waals surface area contributed by atoms with E-state index < -0.39 is 21.6 Å². The third-order valence-corrected chi connectivity index (χ3v) is 6.05. The first-order chi connectivity index (χ1) is 13.3. The van der Waals surface area contributed by atoms with Crippen LogP contribution in [0.15, 0.2) is 57.7 Å². The van der Waals surface area contributed by atoms with Crippen molar-refractivity contribution < 1.29 is 17.6 Å². The number of hydrogen-bond acceptors (Lipinski definition) is 5. The summed E-state index contributed by atoms with van der Waals surface area (Å²) in [4.78, 5) is 24.7. The van der Waals surface area contributed by atoms with Gasteiger partial charge < -0.3 is 9.73 Å². The summed E-state index contributed by atoms with van der Waals surface area (Å²) < 4.78 is 30.2. The SMILES string of the molecule is CS(=O)(=O)N1CCc2ccc(NC(=O)c3cc4ccccc4oc3=O)cc2C1. The second-order valence-electron chi connectivity index (χ2n) is 6.77. The van der Waals surface area contributed by atoms with Crippen molar-refractivity contribution in [3.63, 3.8) is 0 Å². The van der Waals surface area contributed by atoms with Gasteiger partial charge in [-0.05, 0) is 41.8 Å². The van der Waals surface area contributed by atoms with Crippen LogP contribution in [-0.4, -0.2) is 31.4 Å². The van der Waals surface area contributed by atoms with E-state index >= 15 is 0 Å². The normalized spacial score (nSPS) is 14.6. The average molecular weight is 398 g/mol. The van der Waals surface area contributed by atoms with Crippen LogP contribution < -0.4 is 10.9 Å². The second-order valence-corrected chi connectivity index (χ2v) is 8.75. The van der Waals surface area contributed by atoms with Gasteiger partial charge in [-0.15, -0.1) is 0 Å². The zero-order chi connectivity index (χ0) is 19.9. The molecule has 1 aliphatic heterocycles. The minimum absolute atomic E-state index is 0.0887. The summed E-state index contributed by atoms with van der Waals surface area (Å²) >= 11 is 0. The minimum atomic E-state index is -3.28. The first-order valence-electron chi connectivity index (χ1n) is 8.72. The largest absolute Gasteiger partial charge is 0.422 e. The van der Waals surface area contributed by atoms with Crippen molar-refractivity contribution in [2.45, 2.75) is 13.0 Å². The van der Waals surface area contributed by atoms with E-state index in [4.69, 9.17) is 4.42 Å². The van der Waals surface area contributed by atoms with Crippen LogP contribution >= 0.6 is 0 Å². The van der Waals surface area contributed by atoms with Crippen molar-refractivity contribution in [1.82, 2.24) is 4.31 Å². The second kappa shape index (κ2) is 6.88. The summed E-state index contributed by atoms with van der Waals surface area (Å²) in [6.07, 6.45) is 1.80. The molecule has 0 saturated carbocycles. The summed E-state index contributed by atoms with van der Waals surface area (Å²) in [5.41, 5.74) is 1.99. The number of nitrogens with zero attached hydrogens (tertiary/aromatic N) is 1. The third-order valence-electron chi connectivity index (χ3n) is 4.80. The van der Waals surface area contributed by atoms with Crippen molar-refractivity contribution in [3.05, 3.63) is 75.6 Å². The lowest BCUT2D eigenvalue weighted by molar-refractivity contribution is 0.102. The molecule has 1 aromatic heterocycles. The molecule has 0 spiro atoms. The number of benzene rings is 2. The first-order valence-corrected chi connectivity index (χ1v) is 10.6. The maximum Gasteiger partial charge on any atom is 0.349 e. The lowest BCUT2D eigenvalue weighted by Crippen LogP contribution is -2.35. The fourth-order valence-electron chi connectivity index (χ4n) is 3.31. The van der Waals surface area contributed by atoms with Gasteiger partial charge in [0.1, 0.15) is 11.1 Å². The number of carbonyl (C=O) groups is 1. The topological polar surface area (TPSA) is 96.7 Å². The van der Waals surface area contributed by atoms with Crippen LogP contribution in [0.1, 0.15) is 21.5 Å². The van der Waals surface area contributed by atoms with Crippen molar-refractivity contribution in [1.29, 1.82) is 0 Å². The lowest BCUT2D eigenvalue weighted by atomic mass is 10.0. The molecular weight excluding hydrogens is 380 g/mol. The smallest absolute Gasteiger partial charge is 0.349 e. The molecule has 0 unspecified atom stereocenters. The van der Waals surface area contributed by atoms with E-state index in [1.807, 2.05) is 6.07 Å². The van der Waals surface area contributed by atoms with Gasteiger partial charge in [-0.3, -0.25) is 4.79 Å². The Balaban J connectivity index is 1.61. The number of fused-ring (bicyclic) bond motifs is 2. The standard InChI is InChI=1S/C20H18N2O5S/c1-28(25,26)22-9-8-13-6-7-16(10-15(13)12-22)21-19(23)17-11-14-4-2-3-5-18(14)27-20(17)24/h2-7,10-11H,8-9,12H2,1H3,(H,21,23). The van der Waals surface area contributed by atoms with E-state index in [2.05, 4.69) is 5.32 Å². The Bertz CT molecular complexity index is 1250. The lowest BCUT2D eigenvalue weighted by Gasteiger charge is -2.27. The molecule has 2 aromatic carbocycles. The van der Waals surface area contributed by atoms with Gasteiger partial charge in [-0.2, -0.15) is 4.31 Å². The van der Waals surface area contributed by atoms with Crippen molar-refractivity contribution >= 4 is 32.6 Å². The molecule has 3 aromatic rings. The van der Waals surface area contributed by atoms with Crippen LogP contribution in [-0.2, 0) is 23.0 Å². The molecule has 0 aliphatic carbocycles. The highest BCUT2D eigenvalue weighted by atomic mass is 32.2. The maximum atomic E-state index is 12.6. The van der Waals surface area contributed by atoms with Gasteiger partial charge >= 0.3 is 5.63 Å². The number of amides is 1. The molecule has 2 heterocycles. The number of nitrogens with one attached hydrogen (secondary N) is 1. The molecule has 4 rings (SSSR count). The highest BCUT2D eigenvalue weighted by Gasteiger charge is 2.23. The summed E-state index contributed by atoms with van der Waals surface area (Å²) in [5.74, 6) is -0.574. The predicted molar refractivity (Wildman–Crippen MR) is 106 cm³/mol. The molecule has 8 heteroatoms. The first kappa shape index (κ1) is 18.4. The zero-order valence-electron chi connectivity index (χ0n) is 15.1. The number of sulfonamides is 1. The third kappa shape index (κ3) is 3.56. The molecule has 0 bridgehead atoms. The molecule has 1 amide bonds. The summed E-state index contributed by atoms with van der Waals surface area (Å²) in [6, 6.07) is 13.8. The Morgan fingerprint density at radius 2 is 1.89 bits per heavy atom. The van der Waals surface area contributed by atoms with E-state index in [1.165, 1.54) is 16.6 Å². The van der Waals surface area contributed by atoms with Crippen molar-refractivity contribution in [2.75, 3.05) is 18.1 Å². The predicted octanol–water partition coefficient (Wildman–Crippen LogP) is 2.36. The van der Waals surface area contributed by atoms with E-state index in [1.54, 1.807) is 36.4 Å². The Morgan fingerprint density at radius 1 is 1.11 bits per heavy atom. The van der Waals surface area contributed by atoms with Gasteiger partial charge in [0.2, 0.25) is 10.0 Å². The van der Waals surface area contributed by atoms with Crippen LogP contribution in [0.2, 0.25) is 0 Å². The summed E-state index contributed by atoms with van der Waals surface area (Å²) in [7, 11) is -3.28. The molecule has 144 valence electrons. The molecular formula is C20H18N2O5S. The van der Waals surface area contributed by atoms with E-state index in [9.17, 15) is 18.0 Å². The van der Waals surface area contributed by atoms with Crippen LogP contribution in [0.5, 0.6) is 0 Å². The van der Waals surface area contributed by atoms with Crippen LogP contribution in [0.4, 0.5) is 5.69 Å². The van der Waals surface area contributed by atoms with Gasteiger partial charge in [0.05, 0.1) is 6.26 Å². The molecule has 0 atom stereocenters. The number of anilines is 1. The molecule has 1 N–H and O–H groups in total. The summed E-state index contributed by atoms with van der Waals surface area (Å²) in [5, 5.41) is 3.35. The fraction of sp³-hybridized carbons (Fsp3) is 0.200. The number of para-hydroxylation sites is 1. The van der Waals surface area contributed by atoms with E-state index in [0.29, 0.717) is 29.6 Å². The fourth-order valence-corrected chi connectivity index (χ4v) is 4.11. The zero-order valence-corrected chi connectivity index (χ0v) is 16.0. The Morgan fingerprint density at radius 3 is 2.68 bits per heavy atom. The molecule has 1 aliphatic rings. The van der Waals surface area contributed by atoms with Crippen LogP contribution in [0, 0.1) is 0 Å². The highest BCUT2D eigenvalue weighted by Crippen LogP contribution is 2.24. The van der Waals surface area contributed by atoms with Crippen molar-refractivity contribution in [3.8, 4) is 0 Å². The molecule has 7 nitrogen and oxygen atoms in total. The molecule has 0 radical (unpaired) electrons. The van der Waals surface area contributed by atoms with Gasteiger partial charge in [0.25, 0.3) is 5.91 Å². The molecule has 0 fully saturated rings. The molecule has 0 saturated heterocycles. The Kier molecular flexibility index (Phi) is 4.52. The summed E-state index contributed by atoms with van der Waals surface area (Å²) in [6.45, 7) is 0.700. The van der Waals surface area contributed by atoms with Crippen LogP contribution in [0.25, 0.3) is 11.0 Å². The Labute approximate surface area is 161 Å². The van der Waals surface area contributed by atoms with Gasteiger partial charge in [-0.1, -0.05) is 24.3 Å². The average Bonchev–Trinajstić information content (AvgIpc) is 2.66. The maximum absolute atomic E-state index is 12.6. The minimum Gasteiger partial charge on any atom is -0.422 e. The monoisotopic (exact) mass is 398 g/mol. The number of hydrogen-bond donors (Lipinski definition) is 1. The quantitative estimate of drug-likeness (QED) is 0.683. The highest BCUT2D eigenvalue weighted by molar-refractivity contribution is 7.88. The van der Waals surface area contributed by atoms with Gasteiger partial charge in [0, 0.05) is 24.2 Å². The molecule has 28 heavy (non-hydrogen) atoms. The van der Waals surface area contributed by atoms with E-state index in [-0.39, 0.29) is 12.1 Å². The van der Waals surface area contributed by atoms with Gasteiger partial charge in [-0.25, -0.2) is 13.2 Å². The van der Waals surface area contributed by atoms with Crippen molar-refractivity contribution in [2.24, 2.45) is 0 Å². The Hall–Kier alpha value is -2.97. The van der Waals surface area contributed by atoms with E-state index in [0.717, 1.165) is 11.1 Å². The van der Waals surface area contributed by atoms with Crippen LogP contribution in [0.3, 0.4) is 0 Å². The number of rotatable bonds is 3. The number of carbonyl (C=O) groups excluding carboxylic acids is 1. The van der Waals surface area contributed by atoms with Gasteiger partial charge in [0.15, 0.2) is 0 Å².